The predicted octanol–water partition coefficient (Wildman–Crippen LogP) is 7.79. The number of carbonyl (C=O) groups excluding carboxylic acids is 1. The summed E-state index contributed by atoms with van der Waals surface area (Å²) in [6, 6.07) is 25.1. The van der Waals surface area contributed by atoms with Gasteiger partial charge in [-0.05, 0) is 73.2 Å². The second-order valence-electron chi connectivity index (χ2n) is 11.8. The van der Waals surface area contributed by atoms with Crippen molar-refractivity contribution in [2.75, 3.05) is 18.4 Å². The minimum atomic E-state index is -3.62. The van der Waals surface area contributed by atoms with E-state index in [2.05, 4.69) is 40.5 Å². The Bertz CT molecular complexity index is 1900. The molecule has 0 unspecified atom stereocenters. The SMILES string of the molecule is CC[C@@H]1CCCCN1S(=O)(=O)c1ccc(C(=O)Nc2sc3c(c2-c2nc4ccccc4s2)CCN(Cc2ccccc2)C3)cc1. The average Bonchev–Trinajstić information content (AvgIpc) is 3.65. The van der Waals surface area contributed by atoms with Crippen LogP contribution >= 0.6 is 22.7 Å². The van der Waals surface area contributed by atoms with Crippen LogP contribution in [0, 0.1) is 0 Å². The number of hydrogen-bond donors (Lipinski definition) is 1. The topological polar surface area (TPSA) is 82.6 Å². The van der Waals surface area contributed by atoms with Gasteiger partial charge in [0.1, 0.15) is 10.0 Å². The van der Waals surface area contributed by atoms with Gasteiger partial charge in [0.15, 0.2) is 0 Å². The molecule has 7 rings (SSSR count). The number of rotatable bonds is 8. The highest BCUT2D eigenvalue weighted by Crippen LogP contribution is 2.46. The van der Waals surface area contributed by atoms with E-state index < -0.39 is 10.0 Å². The molecule has 2 aliphatic heterocycles. The van der Waals surface area contributed by atoms with Crippen molar-refractivity contribution in [3.63, 3.8) is 0 Å². The number of nitrogens with zero attached hydrogens (tertiary/aromatic N) is 3. The zero-order chi connectivity index (χ0) is 31.0. The third kappa shape index (κ3) is 6.09. The van der Waals surface area contributed by atoms with Gasteiger partial charge in [0.25, 0.3) is 5.91 Å². The molecular weight excluding hydrogens is 621 g/mol. The molecule has 0 saturated carbocycles. The number of benzene rings is 3. The van der Waals surface area contributed by atoms with E-state index in [4.69, 9.17) is 4.98 Å². The lowest BCUT2D eigenvalue weighted by atomic mass is 10.0. The van der Waals surface area contributed by atoms with Crippen LogP contribution in [-0.2, 0) is 29.5 Å². The van der Waals surface area contributed by atoms with E-state index in [9.17, 15) is 13.2 Å². The second-order valence-corrected chi connectivity index (χ2v) is 15.8. The van der Waals surface area contributed by atoms with E-state index in [1.807, 2.05) is 31.2 Å². The Morgan fingerprint density at radius 2 is 1.73 bits per heavy atom. The Morgan fingerprint density at radius 3 is 2.51 bits per heavy atom. The van der Waals surface area contributed by atoms with Crippen LogP contribution in [0.1, 0.15) is 59.0 Å². The van der Waals surface area contributed by atoms with Crippen LogP contribution in [0.3, 0.4) is 0 Å². The van der Waals surface area contributed by atoms with Gasteiger partial charge in [0.2, 0.25) is 10.0 Å². The molecule has 0 bridgehead atoms. The number of amides is 1. The van der Waals surface area contributed by atoms with Crippen LogP contribution in [0.4, 0.5) is 5.00 Å². The summed E-state index contributed by atoms with van der Waals surface area (Å²) in [4.78, 5) is 22.6. The van der Waals surface area contributed by atoms with Crippen LogP contribution in [0.15, 0.2) is 83.8 Å². The lowest BCUT2D eigenvalue weighted by Crippen LogP contribution is -2.43. The molecule has 1 fully saturated rings. The molecule has 3 aromatic carbocycles. The van der Waals surface area contributed by atoms with Crippen LogP contribution < -0.4 is 5.32 Å². The molecule has 1 amide bonds. The Balaban J connectivity index is 1.17. The normalized spacial score (nSPS) is 17.8. The standard InChI is InChI=1S/C35H36N4O3S3/c1-2-26-12-8-9-20-39(26)45(41,42)27-17-15-25(16-18-27)33(40)37-35-32(34-36-29-13-6-7-14-30(29)43-34)28-19-21-38(23-31(28)44-35)22-24-10-4-3-5-11-24/h3-7,10-11,13-18,26H,2,8-9,12,19-23H2,1H3,(H,37,40)/t26-/m1/s1. The van der Waals surface area contributed by atoms with Crippen LogP contribution in [0.2, 0.25) is 0 Å². The quantitative estimate of drug-likeness (QED) is 0.184. The first-order chi connectivity index (χ1) is 21.9. The third-order valence-corrected chi connectivity index (χ3v) is 13.0. The summed E-state index contributed by atoms with van der Waals surface area (Å²) in [5.74, 6) is -0.259. The van der Waals surface area contributed by atoms with Crippen LogP contribution in [0.5, 0.6) is 0 Å². The molecule has 232 valence electrons. The van der Waals surface area contributed by atoms with Crippen LogP contribution in [0.25, 0.3) is 20.8 Å². The molecule has 7 nitrogen and oxygen atoms in total. The lowest BCUT2D eigenvalue weighted by Gasteiger charge is -2.34. The molecule has 1 N–H and O–H groups in total. The van der Waals surface area contributed by atoms with E-state index in [-0.39, 0.29) is 16.8 Å². The van der Waals surface area contributed by atoms with Crippen molar-refractivity contribution in [2.24, 2.45) is 0 Å². The van der Waals surface area contributed by atoms with Gasteiger partial charge in [0.05, 0.1) is 15.1 Å². The zero-order valence-corrected chi connectivity index (χ0v) is 27.7. The van der Waals surface area contributed by atoms with Gasteiger partial charge < -0.3 is 5.32 Å². The first-order valence-corrected chi connectivity index (χ1v) is 18.7. The third-order valence-electron chi connectivity index (χ3n) is 8.89. The summed E-state index contributed by atoms with van der Waals surface area (Å²) in [7, 11) is -3.62. The van der Waals surface area contributed by atoms with Crippen molar-refractivity contribution < 1.29 is 13.2 Å². The van der Waals surface area contributed by atoms with Gasteiger partial charge in [-0.15, -0.1) is 22.7 Å². The van der Waals surface area contributed by atoms with Crippen molar-refractivity contribution in [2.45, 2.75) is 63.1 Å². The number of carbonyl (C=O) groups is 1. The van der Waals surface area contributed by atoms with Gasteiger partial charge in [0, 0.05) is 48.2 Å². The molecule has 1 atom stereocenters. The van der Waals surface area contributed by atoms with E-state index in [0.29, 0.717) is 12.1 Å². The highest BCUT2D eigenvalue weighted by molar-refractivity contribution is 7.89. The van der Waals surface area contributed by atoms with E-state index >= 15 is 0 Å². The molecular formula is C35H36N4O3S3. The summed E-state index contributed by atoms with van der Waals surface area (Å²) in [5, 5.41) is 4.90. The van der Waals surface area contributed by atoms with Gasteiger partial charge in [-0.2, -0.15) is 4.31 Å². The summed E-state index contributed by atoms with van der Waals surface area (Å²) < 4.78 is 29.7. The average molecular weight is 657 g/mol. The number of thiophene rings is 1. The summed E-state index contributed by atoms with van der Waals surface area (Å²) in [6.45, 7) is 5.20. The maximum Gasteiger partial charge on any atom is 0.256 e. The van der Waals surface area contributed by atoms with Crippen molar-refractivity contribution in [3.05, 3.63) is 100 Å². The Kier molecular flexibility index (Phi) is 8.58. The molecule has 4 heterocycles. The molecule has 45 heavy (non-hydrogen) atoms. The molecule has 2 aliphatic rings. The molecule has 0 aliphatic carbocycles. The highest BCUT2D eigenvalue weighted by atomic mass is 32.2. The predicted molar refractivity (Wildman–Crippen MR) is 183 cm³/mol. The number of thiazole rings is 1. The Labute approximate surface area is 272 Å². The van der Waals surface area contributed by atoms with Gasteiger partial charge in [-0.25, -0.2) is 13.4 Å². The highest BCUT2D eigenvalue weighted by Gasteiger charge is 2.33. The minimum absolute atomic E-state index is 0.0288. The number of para-hydroxylation sites is 1. The molecule has 5 aromatic rings. The van der Waals surface area contributed by atoms with Crippen LogP contribution in [-0.4, -0.2) is 47.6 Å². The summed E-state index contributed by atoms with van der Waals surface area (Å²) in [5.41, 5.74) is 4.93. The number of hydrogen-bond acceptors (Lipinski definition) is 7. The first-order valence-electron chi connectivity index (χ1n) is 15.6. The number of aromatic nitrogens is 1. The largest absolute Gasteiger partial charge is 0.313 e. The van der Waals surface area contributed by atoms with Crippen molar-refractivity contribution in [1.29, 1.82) is 0 Å². The van der Waals surface area contributed by atoms with E-state index in [0.717, 1.165) is 77.5 Å². The van der Waals surface area contributed by atoms with Crippen molar-refractivity contribution in [1.82, 2.24) is 14.2 Å². The van der Waals surface area contributed by atoms with Gasteiger partial charge in [-0.1, -0.05) is 55.8 Å². The second kappa shape index (κ2) is 12.8. The van der Waals surface area contributed by atoms with Gasteiger partial charge in [-0.3, -0.25) is 9.69 Å². The first kappa shape index (κ1) is 30.3. The molecule has 0 radical (unpaired) electrons. The maximum atomic E-state index is 13.7. The summed E-state index contributed by atoms with van der Waals surface area (Å²) >= 11 is 3.27. The fraction of sp³-hybridized carbons (Fsp3) is 0.314. The lowest BCUT2D eigenvalue weighted by molar-refractivity contribution is 0.102. The summed E-state index contributed by atoms with van der Waals surface area (Å²) in [6.07, 6.45) is 4.50. The van der Waals surface area contributed by atoms with Gasteiger partial charge >= 0.3 is 0 Å². The smallest absolute Gasteiger partial charge is 0.256 e. The monoisotopic (exact) mass is 656 g/mol. The fourth-order valence-electron chi connectivity index (χ4n) is 6.51. The zero-order valence-electron chi connectivity index (χ0n) is 25.2. The van der Waals surface area contributed by atoms with E-state index in [1.54, 1.807) is 51.2 Å². The molecule has 10 heteroatoms. The van der Waals surface area contributed by atoms with Crippen molar-refractivity contribution >= 4 is 53.8 Å². The van der Waals surface area contributed by atoms with Crippen molar-refractivity contribution in [3.8, 4) is 10.6 Å². The minimum Gasteiger partial charge on any atom is -0.313 e. The molecule has 1 saturated heterocycles. The number of sulfonamides is 1. The number of anilines is 1. The Hall–Kier alpha value is -3.41. The fourth-order valence-corrected chi connectivity index (χ4v) is 10.7. The maximum absolute atomic E-state index is 13.7. The Morgan fingerprint density at radius 1 is 0.956 bits per heavy atom. The number of nitrogens with one attached hydrogen (secondary N) is 1. The number of fused-ring (bicyclic) bond motifs is 2. The number of piperidine rings is 1. The van der Waals surface area contributed by atoms with E-state index in [1.165, 1.54) is 16.0 Å². The molecule has 2 aromatic heterocycles. The molecule has 0 spiro atoms.